The lowest BCUT2D eigenvalue weighted by Crippen LogP contribution is -1.99. The first kappa shape index (κ1) is 16.5. The lowest BCUT2D eigenvalue weighted by Gasteiger charge is -2.07. The molecule has 0 bridgehead atoms. The smallest absolute Gasteiger partial charge is 0.119 e. The van der Waals surface area contributed by atoms with Crippen molar-refractivity contribution in [2.45, 2.75) is 25.5 Å². The highest BCUT2D eigenvalue weighted by Gasteiger charge is 1.98. The minimum Gasteiger partial charge on any atom is -0.494 e. The average Bonchev–Trinajstić information content (AvgIpc) is 2.58. The number of hydrogen-bond donors (Lipinski definition) is 0. The second-order valence-electron chi connectivity index (χ2n) is 5.06. The Hall–Kier alpha value is -1.92. The first-order chi connectivity index (χ1) is 10.8. The van der Waals surface area contributed by atoms with Gasteiger partial charge in [0.2, 0.25) is 0 Å². The number of benzene rings is 2. The van der Waals surface area contributed by atoms with E-state index in [0.717, 1.165) is 42.3 Å². The van der Waals surface area contributed by atoms with Crippen molar-refractivity contribution in [2.75, 3.05) is 12.4 Å². The van der Waals surface area contributed by atoms with Crippen molar-refractivity contribution >= 4 is 11.8 Å². The molecule has 0 unspecified atom stereocenters. The molecule has 0 fully saturated rings. The standard InChI is InChI=1S/C19H21NOS/c1-2-16-7-9-19(10-8-16)21-11-4-12-22-15-18-6-3-5-17(13-18)14-20/h3,5-10,13H,2,4,11-12,15H2,1H3. The van der Waals surface area contributed by atoms with Gasteiger partial charge >= 0.3 is 0 Å². The van der Waals surface area contributed by atoms with E-state index < -0.39 is 0 Å². The van der Waals surface area contributed by atoms with Crippen LogP contribution < -0.4 is 4.74 Å². The first-order valence-corrected chi connectivity index (χ1v) is 8.76. The minimum atomic E-state index is 0.733. The fourth-order valence-electron chi connectivity index (χ4n) is 2.09. The van der Waals surface area contributed by atoms with Gasteiger partial charge in [0.25, 0.3) is 0 Å². The summed E-state index contributed by atoms with van der Waals surface area (Å²) < 4.78 is 5.74. The molecule has 2 aromatic carbocycles. The van der Waals surface area contributed by atoms with Crippen molar-refractivity contribution in [3.8, 4) is 11.8 Å². The third kappa shape index (κ3) is 5.46. The van der Waals surface area contributed by atoms with Gasteiger partial charge in [-0.05, 0) is 54.0 Å². The summed E-state index contributed by atoms with van der Waals surface area (Å²) in [6, 6.07) is 18.3. The van der Waals surface area contributed by atoms with Gasteiger partial charge in [0.1, 0.15) is 5.75 Å². The summed E-state index contributed by atoms with van der Waals surface area (Å²) in [4.78, 5) is 0. The van der Waals surface area contributed by atoms with Crippen LogP contribution in [-0.4, -0.2) is 12.4 Å². The molecule has 2 rings (SSSR count). The van der Waals surface area contributed by atoms with E-state index in [0.29, 0.717) is 0 Å². The van der Waals surface area contributed by atoms with Crippen LogP contribution in [0.5, 0.6) is 5.75 Å². The van der Waals surface area contributed by atoms with Gasteiger partial charge < -0.3 is 4.74 Å². The van der Waals surface area contributed by atoms with E-state index in [-0.39, 0.29) is 0 Å². The summed E-state index contributed by atoms with van der Waals surface area (Å²) in [6.45, 7) is 2.90. The van der Waals surface area contributed by atoms with Crippen molar-refractivity contribution in [3.05, 3.63) is 65.2 Å². The van der Waals surface area contributed by atoms with Gasteiger partial charge in [-0.3, -0.25) is 0 Å². The van der Waals surface area contributed by atoms with E-state index in [9.17, 15) is 0 Å². The van der Waals surface area contributed by atoms with Crippen molar-refractivity contribution in [2.24, 2.45) is 0 Å². The third-order valence-corrected chi connectivity index (χ3v) is 4.47. The summed E-state index contributed by atoms with van der Waals surface area (Å²) >= 11 is 1.88. The molecular formula is C19H21NOS. The summed E-state index contributed by atoms with van der Waals surface area (Å²) in [6.07, 6.45) is 2.09. The largest absolute Gasteiger partial charge is 0.494 e. The zero-order valence-electron chi connectivity index (χ0n) is 12.9. The molecule has 3 heteroatoms. The Morgan fingerprint density at radius 1 is 1.09 bits per heavy atom. The number of aryl methyl sites for hydroxylation is 1. The Bertz CT molecular complexity index is 616. The van der Waals surface area contributed by atoms with Crippen molar-refractivity contribution in [3.63, 3.8) is 0 Å². The van der Waals surface area contributed by atoms with Crippen molar-refractivity contribution in [1.29, 1.82) is 5.26 Å². The predicted octanol–water partition coefficient (Wildman–Crippen LogP) is 4.82. The molecule has 114 valence electrons. The number of thioether (sulfide) groups is 1. The lowest BCUT2D eigenvalue weighted by atomic mass is 10.2. The number of ether oxygens (including phenoxy) is 1. The Kier molecular flexibility index (Phi) is 6.86. The summed E-state index contributed by atoms with van der Waals surface area (Å²) in [5.74, 6) is 2.95. The molecule has 0 heterocycles. The third-order valence-electron chi connectivity index (χ3n) is 3.36. The summed E-state index contributed by atoms with van der Waals surface area (Å²) in [7, 11) is 0. The van der Waals surface area contributed by atoms with Crippen LogP contribution in [0.1, 0.15) is 30.0 Å². The fourth-order valence-corrected chi connectivity index (χ4v) is 2.97. The molecule has 0 radical (unpaired) electrons. The molecule has 2 nitrogen and oxygen atoms in total. The van der Waals surface area contributed by atoms with Crippen LogP contribution in [0.2, 0.25) is 0 Å². The van der Waals surface area contributed by atoms with Crippen LogP contribution in [-0.2, 0) is 12.2 Å². The highest BCUT2D eigenvalue weighted by molar-refractivity contribution is 7.98. The molecule has 2 aromatic rings. The Labute approximate surface area is 137 Å². The number of nitrogens with zero attached hydrogens (tertiary/aromatic N) is 1. The number of hydrogen-bond acceptors (Lipinski definition) is 3. The molecule has 0 aliphatic carbocycles. The van der Waals surface area contributed by atoms with Crippen LogP contribution in [0.25, 0.3) is 0 Å². The Morgan fingerprint density at radius 2 is 1.91 bits per heavy atom. The summed E-state index contributed by atoms with van der Waals surface area (Å²) in [5.41, 5.74) is 3.28. The minimum absolute atomic E-state index is 0.733. The van der Waals surface area contributed by atoms with E-state index >= 15 is 0 Å². The molecular weight excluding hydrogens is 290 g/mol. The quantitative estimate of drug-likeness (QED) is 0.655. The van der Waals surface area contributed by atoms with Gasteiger partial charge in [0, 0.05) is 5.75 Å². The van der Waals surface area contributed by atoms with E-state index in [1.165, 1.54) is 11.1 Å². The maximum atomic E-state index is 8.87. The monoisotopic (exact) mass is 311 g/mol. The molecule has 0 saturated heterocycles. The molecule has 0 aliphatic rings. The molecule has 0 atom stereocenters. The molecule has 0 N–H and O–H groups in total. The van der Waals surface area contributed by atoms with Crippen LogP contribution in [0.3, 0.4) is 0 Å². The maximum Gasteiger partial charge on any atom is 0.119 e. The number of nitriles is 1. The first-order valence-electron chi connectivity index (χ1n) is 7.60. The molecule has 0 aromatic heterocycles. The van der Waals surface area contributed by atoms with Gasteiger partial charge in [0.15, 0.2) is 0 Å². The molecule has 0 aliphatic heterocycles. The van der Waals surface area contributed by atoms with Gasteiger partial charge in [-0.25, -0.2) is 0 Å². The SMILES string of the molecule is CCc1ccc(OCCCSCc2cccc(C#N)c2)cc1. The molecule has 0 saturated carbocycles. The Balaban J connectivity index is 1.61. The highest BCUT2D eigenvalue weighted by atomic mass is 32.2. The van der Waals surface area contributed by atoms with Crippen molar-refractivity contribution in [1.82, 2.24) is 0 Å². The topological polar surface area (TPSA) is 33.0 Å². The highest BCUT2D eigenvalue weighted by Crippen LogP contribution is 2.16. The van der Waals surface area contributed by atoms with Crippen LogP contribution >= 0.6 is 11.8 Å². The zero-order chi connectivity index (χ0) is 15.6. The fraction of sp³-hybridized carbons (Fsp3) is 0.316. The van der Waals surface area contributed by atoms with E-state index in [1.54, 1.807) is 0 Å². The second-order valence-corrected chi connectivity index (χ2v) is 6.17. The van der Waals surface area contributed by atoms with E-state index in [1.807, 2.05) is 42.1 Å². The summed E-state index contributed by atoms with van der Waals surface area (Å²) in [5, 5.41) is 8.87. The molecule has 22 heavy (non-hydrogen) atoms. The maximum absolute atomic E-state index is 8.87. The van der Waals surface area contributed by atoms with Crippen molar-refractivity contribution < 1.29 is 4.74 Å². The zero-order valence-corrected chi connectivity index (χ0v) is 13.7. The van der Waals surface area contributed by atoms with Gasteiger partial charge in [-0.2, -0.15) is 17.0 Å². The molecule has 0 spiro atoms. The second kappa shape index (κ2) is 9.17. The van der Waals surface area contributed by atoms with Gasteiger partial charge in [-0.15, -0.1) is 0 Å². The predicted molar refractivity (Wildman–Crippen MR) is 93.3 cm³/mol. The van der Waals surface area contributed by atoms with E-state index in [2.05, 4.69) is 31.2 Å². The average molecular weight is 311 g/mol. The van der Waals surface area contributed by atoms with Gasteiger partial charge in [0.05, 0.1) is 18.2 Å². The van der Waals surface area contributed by atoms with Crippen LogP contribution in [0, 0.1) is 11.3 Å². The van der Waals surface area contributed by atoms with Gasteiger partial charge in [-0.1, -0.05) is 31.2 Å². The normalized spacial score (nSPS) is 10.2. The van der Waals surface area contributed by atoms with E-state index in [4.69, 9.17) is 10.00 Å². The Morgan fingerprint density at radius 3 is 2.64 bits per heavy atom. The van der Waals surface area contributed by atoms with Crippen LogP contribution in [0.4, 0.5) is 0 Å². The van der Waals surface area contributed by atoms with Crippen LogP contribution in [0.15, 0.2) is 48.5 Å². The number of rotatable bonds is 8. The molecule has 0 amide bonds. The lowest BCUT2D eigenvalue weighted by molar-refractivity contribution is 0.318.